The van der Waals surface area contributed by atoms with Gasteiger partial charge in [0.15, 0.2) is 0 Å². The molecule has 0 atom stereocenters. The van der Waals surface area contributed by atoms with Gasteiger partial charge in [0.2, 0.25) is 0 Å². The summed E-state index contributed by atoms with van der Waals surface area (Å²) in [5, 5.41) is 8.19. The Balaban J connectivity index is 2.20. The van der Waals surface area contributed by atoms with E-state index >= 15 is 0 Å². The van der Waals surface area contributed by atoms with E-state index in [9.17, 15) is 4.79 Å². The van der Waals surface area contributed by atoms with Crippen molar-refractivity contribution in [1.82, 2.24) is 4.90 Å². The molecule has 0 aromatic rings. The molecule has 0 aromatic heterocycles. The number of hydrogen-bond donors (Lipinski definition) is 0. The second-order valence-corrected chi connectivity index (χ2v) is 3.16. The van der Waals surface area contributed by atoms with Crippen LogP contribution < -0.4 is 0 Å². The number of likely N-dealkylation sites (tertiary alicyclic amines) is 1. The van der Waals surface area contributed by atoms with E-state index in [2.05, 4.69) is 0 Å². The minimum atomic E-state index is -0.271. The van der Waals surface area contributed by atoms with Crippen molar-refractivity contribution < 1.29 is 9.53 Å². The zero-order valence-corrected chi connectivity index (χ0v) is 8.11. The zero-order chi connectivity index (χ0) is 10.2. The Hall–Kier alpha value is -1.50. The number of nitrogens with zero attached hydrogens (tertiary/aromatic N) is 2. The molecular formula is C10H14N2O2. The first-order chi connectivity index (χ1) is 6.84. The first-order valence-electron chi connectivity index (χ1n) is 4.81. The number of nitriles is 1. The highest BCUT2D eigenvalue weighted by molar-refractivity contribution is 5.67. The van der Waals surface area contributed by atoms with E-state index in [0.29, 0.717) is 0 Å². The first-order valence-corrected chi connectivity index (χ1v) is 4.81. The van der Waals surface area contributed by atoms with E-state index in [-0.39, 0.29) is 12.7 Å². The highest BCUT2D eigenvalue weighted by atomic mass is 16.6. The molecule has 0 aliphatic carbocycles. The van der Waals surface area contributed by atoms with Crippen molar-refractivity contribution in [3.63, 3.8) is 0 Å². The summed E-state index contributed by atoms with van der Waals surface area (Å²) >= 11 is 0. The van der Waals surface area contributed by atoms with E-state index in [1.807, 2.05) is 6.07 Å². The Kier molecular flexibility index (Phi) is 4.56. The molecule has 1 rings (SSSR count). The van der Waals surface area contributed by atoms with Crippen molar-refractivity contribution in [1.29, 1.82) is 5.26 Å². The molecule has 0 aromatic carbocycles. The summed E-state index contributed by atoms with van der Waals surface area (Å²) in [6.07, 6.45) is 5.88. The molecule has 76 valence electrons. The standard InChI is InChI=1S/C10H14N2O2/c11-6-2-5-9-14-10(13)12-7-3-1-4-8-12/h2,5H,1,3-4,7-9H2. The van der Waals surface area contributed by atoms with Crippen LogP contribution in [0.25, 0.3) is 0 Å². The van der Waals surface area contributed by atoms with Gasteiger partial charge in [-0.3, -0.25) is 0 Å². The SMILES string of the molecule is N#CC=CCOC(=O)N1CCCCC1. The van der Waals surface area contributed by atoms with Crippen LogP contribution in [0.3, 0.4) is 0 Å². The predicted molar refractivity (Wildman–Crippen MR) is 51.5 cm³/mol. The van der Waals surface area contributed by atoms with Crippen LogP contribution in [0, 0.1) is 11.3 Å². The highest BCUT2D eigenvalue weighted by Gasteiger charge is 2.16. The lowest BCUT2D eigenvalue weighted by Gasteiger charge is -2.25. The Bertz CT molecular complexity index is 249. The molecule has 1 aliphatic rings. The third kappa shape index (κ3) is 3.48. The molecular weight excluding hydrogens is 180 g/mol. The minimum absolute atomic E-state index is 0.183. The summed E-state index contributed by atoms with van der Waals surface area (Å²) in [6.45, 7) is 1.77. The lowest BCUT2D eigenvalue weighted by molar-refractivity contribution is 0.105. The van der Waals surface area contributed by atoms with Crippen molar-refractivity contribution in [2.45, 2.75) is 19.3 Å². The fraction of sp³-hybridized carbons (Fsp3) is 0.600. The monoisotopic (exact) mass is 194 g/mol. The molecule has 14 heavy (non-hydrogen) atoms. The van der Waals surface area contributed by atoms with Gasteiger partial charge in [0, 0.05) is 19.2 Å². The van der Waals surface area contributed by atoms with Crippen LogP contribution in [0.1, 0.15) is 19.3 Å². The zero-order valence-electron chi connectivity index (χ0n) is 8.11. The molecule has 1 saturated heterocycles. The Morgan fingerprint density at radius 1 is 1.43 bits per heavy atom. The van der Waals surface area contributed by atoms with Gasteiger partial charge >= 0.3 is 6.09 Å². The topological polar surface area (TPSA) is 53.3 Å². The first kappa shape index (κ1) is 10.6. The number of carbonyl (C=O) groups excluding carboxylic acids is 1. The Morgan fingerprint density at radius 2 is 2.14 bits per heavy atom. The lowest BCUT2D eigenvalue weighted by atomic mass is 10.1. The molecule has 4 heteroatoms. The van der Waals surface area contributed by atoms with Crippen molar-refractivity contribution in [3.05, 3.63) is 12.2 Å². The highest BCUT2D eigenvalue weighted by Crippen LogP contribution is 2.09. The normalized spacial score (nSPS) is 16.6. The predicted octanol–water partition coefficient (Wildman–Crippen LogP) is 1.69. The molecule has 1 fully saturated rings. The quantitative estimate of drug-likeness (QED) is 0.628. The van der Waals surface area contributed by atoms with Crippen LogP contribution in [0.2, 0.25) is 0 Å². The van der Waals surface area contributed by atoms with Crippen molar-refractivity contribution in [3.8, 4) is 6.07 Å². The smallest absolute Gasteiger partial charge is 0.410 e. The number of hydrogen-bond acceptors (Lipinski definition) is 3. The molecule has 1 aliphatic heterocycles. The lowest BCUT2D eigenvalue weighted by Crippen LogP contribution is -2.36. The van der Waals surface area contributed by atoms with E-state index in [1.54, 1.807) is 4.90 Å². The second kappa shape index (κ2) is 6.03. The number of piperidine rings is 1. The van der Waals surface area contributed by atoms with Crippen LogP contribution >= 0.6 is 0 Å². The molecule has 0 spiro atoms. The molecule has 0 unspecified atom stereocenters. The van der Waals surface area contributed by atoms with Crippen molar-refractivity contribution in [2.75, 3.05) is 19.7 Å². The van der Waals surface area contributed by atoms with Gasteiger partial charge in [-0.15, -0.1) is 0 Å². The van der Waals surface area contributed by atoms with Crippen LogP contribution in [0.4, 0.5) is 4.79 Å². The van der Waals surface area contributed by atoms with Gasteiger partial charge in [0.05, 0.1) is 6.07 Å². The summed E-state index contributed by atoms with van der Waals surface area (Å²) in [7, 11) is 0. The maximum Gasteiger partial charge on any atom is 0.410 e. The van der Waals surface area contributed by atoms with E-state index in [0.717, 1.165) is 25.9 Å². The third-order valence-electron chi connectivity index (χ3n) is 2.11. The molecule has 1 heterocycles. The van der Waals surface area contributed by atoms with Gasteiger partial charge in [-0.2, -0.15) is 5.26 Å². The molecule has 1 amide bonds. The maximum atomic E-state index is 11.3. The second-order valence-electron chi connectivity index (χ2n) is 3.16. The summed E-state index contributed by atoms with van der Waals surface area (Å²) in [5.41, 5.74) is 0. The van der Waals surface area contributed by atoms with E-state index < -0.39 is 0 Å². The number of rotatable bonds is 2. The van der Waals surface area contributed by atoms with Crippen LogP contribution in [0.15, 0.2) is 12.2 Å². The Labute approximate surface area is 83.8 Å². The van der Waals surface area contributed by atoms with Crippen LogP contribution in [0.5, 0.6) is 0 Å². The van der Waals surface area contributed by atoms with Gasteiger partial charge in [0.1, 0.15) is 6.61 Å². The van der Waals surface area contributed by atoms with Gasteiger partial charge in [0.25, 0.3) is 0 Å². The minimum Gasteiger partial charge on any atom is -0.445 e. The van der Waals surface area contributed by atoms with Crippen LogP contribution in [-0.2, 0) is 4.74 Å². The summed E-state index contributed by atoms with van der Waals surface area (Å²) in [5.74, 6) is 0. The molecule has 4 nitrogen and oxygen atoms in total. The van der Waals surface area contributed by atoms with Crippen LogP contribution in [-0.4, -0.2) is 30.7 Å². The van der Waals surface area contributed by atoms with Gasteiger partial charge in [-0.05, 0) is 25.3 Å². The fourth-order valence-electron chi connectivity index (χ4n) is 1.39. The summed E-state index contributed by atoms with van der Waals surface area (Å²) in [4.78, 5) is 13.1. The maximum absolute atomic E-state index is 11.3. The van der Waals surface area contributed by atoms with Gasteiger partial charge < -0.3 is 9.64 Å². The van der Waals surface area contributed by atoms with E-state index in [4.69, 9.17) is 10.00 Å². The molecule has 0 bridgehead atoms. The number of amides is 1. The van der Waals surface area contributed by atoms with E-state index in [1.165, 1.54) is 18.6 Å². The molecule has 0 radical (unpaired) electrons. The van der Waals surface area contributed by atoms with Crippen molar-refractivity contribution in [2.24, 2.45) is 0 Å². The molecule has 0 N–H and O–H groups in total. The number of allylic oxidation sites excluding steroid dienone is 1. The van der Waals surface area contributed by atoms with Gasteiger partial charge in [-0.25, -0.2) is 4.79 Å². The third-order valence-corrected chi connectivity index (χ3v) is 2.11. The number of ether oxygens (including phenoxy) is 1. The fourth-order valence-corrected chi connectivity index (χ4v) is 1.39. The average Bonchev–Trinajstić information content (AvgIpc) is 2.25. The summed E-state index contributed by atoms with van der Waals surface area (Å²) in [6, 6.07) is 1.84. The Morgan fingerprint density at radius 3 is 2.79 bits per heavy atom. The van der Waals surface area contributed by atoms with Gasteiger partial charge in [-0.1, -0.05) is 0 Å². The van der Waals surface area contributed by atoms with Crippen molar-refractivity contribution >= 4 is 6.09 Å². The average molecular weight is 194 g/mol. The summed E-state index contributed by atoms with van der Waals surface area (Å²) < 4.78 is 4.93. The number of carbonyl (C=O) groups is 1. The molecule has 0 saturated carbocycles. The largest absolute Gasteiger partial charge is 0.445 e.